The third-order valence-electron chi connectivity index (χ3n) is 2.62. The van der Waals surface area contributed by atoms with Crippen LogP contribution >= 0.6 is 0 Å². The summed E-state index contributed by atoms with van der Waals surface area (Å²) >= 11 is 0. The quantitative estimate of drug-likeness (QED) is 0.598. The molecule has 0 aliphatic heterocycles. The van der Waals surface area contributed by atoms with E-state index in [2.05, 4.69) is 4.98 Å². The minimum atomic E-state index is -0.345. The van der Waals surface area contributed by atoms with Crippen LogP contribution in [0.15, 0.2) is 42.4 Å². The Morgan fingerprint density at radius 1 is 1.41 bits per heavy atom. The number of nitrogens with zero attached hydrogens (tertiary/aromatic N) is 2. The van der Waals surface area contributed by atoms with Gasteiger partial charge in [-0.3, -0.25) is 15.1 Å². The van der Waals surface area contributed by atoms with Gasteiger partial charge in [-0.25, -0.2) is 0 Å². The summed E-state index contributed by atoms with van der Waals surface area (Å²) in [6, 6.07) is 7.72. The number of hydrogen-bond donors (Lipinski definition) is 0. The van der Waals surface area contributed by atoms with Crippen LogP contribution in [0.4, 0.5) is 0 Å². The van der Waals surface area contributed by atoms with E-state index in [1.54, 1.807) is 25.4 Å². The van der Waals surface area contributed by atoms with Crippen LogP contribution in [0.25, 0.3) is 16.8 Å². The molecule has 2 rings (SSSR count). The van der Waals surface area contributed by atoms with E-state index in [1.807, 2.05) is 24.3 Å². The standard InChI is InChI=1S/C13H12N2O2/c1-2-12(15(16)17)7-11-9-14-8-10-5-3-4-6-13(10)11/h3-9H,2H2,1H3/b12-7-. The largest absolute Gasteiger partial charge is 0.263 e. The first-order valence-electron chi connectivity index (χ1n) is 5.40. The van der Waals surface area contributed by atoms with Crippen molar-refractivity contribution < 1.29 is 4.92 Å². The highest BCUT2D eigenvalue weighted by Gasteiger charge is 2.08. The zero-order valence-corrected chi connectivity index (χ0v) is 9.46. The van der Waals surface area contributed by atoms with Crippen LogP contribution in [-0.4, -0.2) is 9.91 Å². The van der Waals surface area contributed by atoms with Crippen LogP contribution in [0.3, 0.4) is 0 Å². The van der Waals surface area contributed by atoms with E-state index in [0.717, 1.165) is 16.3 Å². The van der Waals surface area contributed by atoms with Crippen molar-refractivity contribution in [2.45, 2.75) is 13.3 Å². The normalized spacial score (nSPS) is 11.7. The Morgan fingerprint density at radius 2 is 2.18 bits per heavy atom. The highest BCUT2D eigenvalue weighted by molar-refractivity contribution is 5.89. The lowest BCUT2D eigenvalue weighted by atomic mass is 10.1. The van der Waals surface area contributed by atoms with Crippen molar-refractivity contribution in [2.75, 3.05) is 0 Å². The number of hydrogen-bond acceptors (Lipinski definition) is 3. The molecule has 0 saturated heterocycles. The zero-order valence-electron chi connectivity index (χ0n) is 9.46. The smallest absolute Gasteiger partial charge is 0.246 e. The second kappa shape index (κ2) is 4.74. The number of fused-ring (bicyclic) bond motifs is 1. The number of nitro groups is 1. The molecule has 0 radical (unpaired) electrons. The maximum absolute atomic E-state index is 10.8. The molecule has 0 N–H and O–H groups in total. The molecular formula is C13H12N2O2. The van der Waals surface area contributed by atoms with Crippen LogP contribution in [0, 0.1) is 10.1 Å². The number of allylic oxidation sites excluding steroid dienone is 1. The number of pyridine rings is 1. The molecule has 0 saturated carbocycles. The Morgan fingerprint density at radius 3 is 2.88 bits per heavy atom. The molecule has 1 aromatic carbocycles. The Labute approximate surface area is 98.8 Å². The van der Waals surface area contributed by atoms with Crippen molar-refractivity contribution in [2.24, 2.45) is 0 Å². The van der Waals surface area contributed by atoms with Crippen LogP contribution in [0.5, 0.6) is 0 Å². The van der Waals surface area contributed by atoms with Gasteiger partial charge in [0.2, 0.25) is 5.70 Å². The van der Waals surface area contributed by atoms with E-state index in [9.17, 15) is 10.1 Å². The number of rotatable bonds is 3. The first-order chi connectivity index (χ1) is 8.22. The lowest BCUT2D eigenvalue weighted by Crippen LogP contribution is -1.97. The van der Waals surface area contributed by atoms with Gasteiger partial charge in [-0.1, -0.05) is 31.2 Å². The van der Waals surface area contributed by atoms with Crippen molar-refractivity contribution in [3.8, 4) is 0 Å². The predicted molar refractivity (Wildman–Crippen MR) is 67.0 cm³/mol. The molecular weight excluding hydrogens is 216 g/mol. The molecule has 4 nitrogen and oxygen atoms in total. The topological polar surface area (TPSA) is 56.0 Å². The molecule has 2 aromatic rings. The lowest BCUT2D eigenvalue weighted by molar-refractivity contribution is -0.425. The van der Waals surface area contributed by atoms with Gasteiger partial charge in [0, 0.05) is 35.8 Å². The van der Waals surface area contributed by atoms with Crippen LogP contribution in [0.1, 0.15) is 18.9 Å². The fourth-order valence-electron chi connectivity index (χ4n) is 1.72. The van der Waals surface area contributed by atoms with Gasteiger partial charge in [0.05, 0.1) is 4.92 Å². The summed E-state index contributed by atoms with van der Waals surface area (Å²) in [5.74, 6) is 0. The molecule has 1 heterocycles. The summed E-state index contributed by atoms with van der Waals surface area (Å²) in [6.07, 6.45) is 5.40. The molecule has 0 bridgehead atoms. The van der Waals surface area contributed by atoms with Gasteiger partial charge < -0.3 is 0 Å². The van der Waals surface area contributed by atoms with E-state index < -0.39 is 0 Å². The van der Waals surface area contributed by atoms with Gasteiger partial charge in [-0.15, -0.1) is 0 Å². The summed E-state index contributed by atoms with van der Waals surface area (Å²) in [5, 5.41) is 12.8. The van der Waals surface area contributed by atoms with E-state index in [0.29, 0.717) is 6.42 Å². The zero-order chi connectivity index (χ0) is 12.3. The maximum Gasteiger partial charge on any atom is 0.246 e. The first kappa shape index (κ1) is 11.3. The molecule has 0 aliphatic carbocycles. The summed E-state index contributed by atoms with van der Waals surface area (Å²) in [6.45, 7) is 1.77. The minimum Gasteiger partial charge on any atom is -0.263 e. The fourth-order valence-corrected chi connectivity index (χ4v) is 1.72. The highest BCUT2D eigenvalue weighted by atomic mass is 16.6. The predicted octanol–water partition coefficient (Wildman–Crippen LogP) is 3.26. The average Bonchev–Trinajstić information content (AvgIpc) is 2.35. The second-order valence-corrected chi connectivity index (χ2v) is 3.70. The molecule has 17 heavy (non-hydrogen) atoms. The highest BCUT2D eigenvalue weighted by Crippen LogP contribution is 2.20. The minimum absolute atomic E-state index is 0.197. The van der Waals surface area contributed by atoms with Gasteiger partial charge in [0.25, 0.3) is 0 Å². The summed E-state index contributed by atoms with van der Waals surface area (Å²) < 4.78 is 0. The third kappa shape index (κ3) is 2.30. The second-order valence-electron chi connectivity index (χ2n) is 3.70. The lowest BCUT2D eigenvalue weighted by Gasteiger charge is -2.01. The van der Waals surface area contributed by atoms with Gasteiger partial charge in [0.1, 0.15) is 0 Å². The molecule has 0 amide bonds. The summed E-state index contributed by atoms with van der Waals surface area (Å²) in [5.41, 5.74) is 0.986. The molecule has 4 heteroatoms. The van der Waals surface area contributed by atoms with Gasteiger partial charge >= 0.3 is 0 Å². The van der Waals surface area contributed by atoms with Gasteiger partial charge in [-0.05, 0) is 5.39 Å². The van der Waals surface area contributed by atoms with E-state index in [-0.39, 0.29) is 10.6 Å². The molecule has 86 valence electrons. The molecule has 0 spiro atoms. The average molecular weight is 228 g/mol. The van der Waals surface area contributed by atoms with Crippen molar-refractivity contribution in [3.05, 3.63) is 58.0 Å². The van der Waals surface area contributed by atoms with Crippen molar-refractivity contribution in [3.63, 3.8) is 0 Å². The monoisotopic (exact) mass is 228 g/mol. The van der Waals surface area contributed by atoms with Gasteiger partial charge in [-0.2, -0.15) is 0 Å². The maximum atomic E-state index is 10.8. The van der Waals surface area contributed by atoms with Crippen molar-refractivity contribution >= 4 is 16.8 Å². The van der Waals surface area contributed by atoms with E-state index in [4.69, 9.17) is 0 Å². The molecule has 0 aliphatic rings. The first-order valence-corrected chi connectivity index (χ1v) is 5.40. The van der Waals surface area contributed by atoms with Crippen LogP contribution < -0.4 is 0 Å². The summed E-state index contributed by atoms with van der Waals surface area (Å²) in [7, 11) is 0. The third-order valence-corrected chi connectivity index (χ3v) is 2.62. The Balaban J connectivity index is 2.59. The molecule has 0 atom stereocenters. The van der Waals surface area contributed by atoms with Gasteiger partial charge in [0.15, 0.2) is 0 Å². The Bertz CT molecular complexity index is 585. The Kier molecular flexibility index (Phi) is 3.14. The SMILES string of the molecule is CC/C(=C/c1cncc2ccccc12)[N+](=O)[O-]. The summed E-state index contributed by atoms with van der Waals surface area (Å²) in [4.78, 5) is 14.5. The molecule has 1 aromatic heterocycles. The van der Waals surface area contributed by atoms with Crippen LogP contribution in [-0.2, 0) is 0 Å². The molecule has 0 unspecified atom stereocenters. The van der Waals surface area contributed by atoms with Crippen molar-refractivity contribution in [1.82, 2.24) is 4.98 Å². The van der Waals surface area contributed by atoms with E-state index in [1.165, 1.54) is 0 Å². The Hall–Kier alpha value is -2.23. The fraction of sp³-hybridized carbons (Fsp3) is 0.154. The van der Waals surface area contributed by atoms with Crippen molar-refractivity contribution in [1.29, 1.82) is 0 Å². The van der Waals surface area contributed by atoms with Crippen LogP contribution in [0.2, 0.25) is 0 Å². The number of aromatic nitrogens is 1. The number of benzene rings is 1. The molecule has 0 fully saturated rings. The van der Waals surface area contributed by atoms with E-state index >= 15 is 0 Å².